The molecular formula is C9H10ClN5. The molecule has 2 aromatic rings. The first-order valence-electron chi connectivity index (χ1n) is 4.54. The summed E-state index contributed by atoms with van der Waals surface area (Å²) in [6.07, 6.45) is 0.828. The van der Waals surface area contributed by atoms with Crippen molar-refractivity contribution < 1.29 is 0 Å². The number of aromatic nitrogens is 4. The van der Waals surface area contributed by atoms with E-state index in [4.69, 9.17) is 17.3 Å². The highest BCUT2D eigenvalue weighted by atomic mass is 35.5. The zero-order valence-electron chi connectivity index (χ0n) is 8.18. The topological polar surface area (TPSA) is 69.6 Å². The Morgan fingerprint density at radius 1 is 1.40 bits per heavy atom. The number of rotatable bonds is 2. The maximum atomic E-state index is 5.65. The first-order chi connectivity index (χ1) is 7.20. The molecule has 0 aliphatic carbocycles. The third-order valence-corrected chi connectivity index (χ3v) is 2.20. The van der Waals surface area contributed by atoms with E-state index in [1.807, 2.05) is 13.0 Å². The van der Waals surface area contributed by atoms with E-state index in [9.17, 15) is 0 Å². The predicted octanol–water partition coefficient (Wildman–Crippen LogP) is 1.46. The molecule has 0 radical (unpaired) electrons. The van der Waals surface area contributed by atoms with Gasteiger partial charge in [0.05, 0.1) is 0 Å². The fourth-order valence-corrected chi connectivity index (χ4v) is 1.41. The lowest BCUT2D eigenvalue weighted by atomic mass is 10.3. The van der Waals surface area contributed by atoms with Crippen molar-refractivity contribution in [3.8, 4) is 5.82 Å². The van der Waals surface area contributed by atoms with Crippen LogP contribution in [0, 0.1) is 0 Å². The van der Waals surface area contributed by atoms with Crippen LogP contribution in [-0.2, 0) is 6.42 Å². The van der Waals surface area contributed by atoms with Crippen molar-refractivity contribution in [2.75, 3.05) is 5.73 Å². The van der Waals surface area contributed by atoms with Crippen molar-refractivity contribution in [3.05, 3.63) is 29.0 Å². The molecule has 0 unspecified atom stereocenters. The van der Waals surface area contributed by atoms with Gasteiger partial charge in [-0.2, -0.15) is 0 Å². The second-order valence-corrected chi connectivity index (χ2v) is 3.43. The lowest BCUT2D eigenvalue weighted by Gasteiger charge is -2.02. The molecule has 5 nitrogen and oxygen atoms in total. The van der Waals surface area contributed by atoms with Crippen LogP contribution in [-0.4, -0.2) is 20.0 Å². The van der Waals surface area contributed by atoms with E-state index < -0.39 is 0 Å². The second kappa shape index (κ2) is 3.86. The zero-order chi connectivity index (χ0) is 10.8. The summed E-state index contributed by atoms with van der Waals surface area (Å²) in [5.74, 6) is 1.09. The highest BCUT2D eigenvalue weighted by Crippen LogP contribution is 2.13. The summed E-state index contributed by atoms with van der Waals surface area (Å²) in [5.41, 5.74) is 6.61. The molecule has 0 aliphatic heterocycles. The van der Waals surface area contributed by atoms with Gasteiger partial charge in [0.1, 0.15) is 5.82 Å². The first kappa shape index (κ1) is 9.92. The molecule has 2 rings (SSSR count). The fourth-order valence-electron chi connectivity index (χ4n) is 1.31. The number of nitrogen functional groups attached to an aromatic ring is 1. The molecule has 0 aromatic carbocycles. The van der Waals surface area contributed by atoms with Gasteiger partial charge in [-0.1, -0.05) is 18.5 Å². The van der Waals surface area contributed by atoms with Gasteiger partial charge < -0.3 is 5.73 Å². The van der Waals surface area contributed by atoms with E-state index >= 15 is 0 Å². The summed E-state index contributed by atoms with van der Waals surface area (Å²) in [6.45, 7) is 2.02. The van der Waals surface area contributed by atoms with Gasteiger partial charge in [-0.3, -0.25) is 0 Å². The summed E-state index contributed by atoms with van der Waals surface area (Å²) >= 11 is 5.65. The smallest absolute Gasteiger partial charge is 0.176 e. The molecular weight excluding hydrogens is 214 g/mol. The standard InChI is InChI=1S/C9H10ClN5/c1-2-6-5-8(11)14-15(6)9-4-3-7(10)12-13-9/h3-5H,2H2,1H3,(H2,11,14). The molecule has 0 saturated heterocycles. The SMILES string of the molecule is CCc1cc(N)nn1-c1ccc(Cl)nn1. The van der Waals surface area contributed by atoms with Crippen molar-refractivity contribution >= 4 is 17.4 Å². The predicted molar refractivity (Wildman–Crippen MR) is 58.0 cm³/mol. The number of aryl methyl sites for hydroxylation is 1. The second-order valence-electron chi connectivity index (χ2n) is 3.04. The van der Waals surface area contributed by atoms with Gasteiger partial charge in [0.15, 0.2) is 11.0 Å². The monoisotopic (exact) mass is 223 g/mol. The van der Waals surface area contributed by atoms with Crippen molar-refractivity contribution in [1.29, 1.82) is 0 Å². The van der Waals surface area contributed by atoms with Crippen LogP contribution >= 0.6 is 11.6 Å². The Balaban J connectivity index is 2.48. The van der Waals surface area contributed by atoms with Crippen LogP contribution in [0.2, 0.25) is 5.15 Å². The number of nitrogens with two attached hydrogens (primary N) is 1. The Morgan fingerprint density at radius 2 is 2.20 bits per heavy atom. The highest BCUT2D eigenvalue weighted by molar-refractivity contribution is 6.29. The van der Waals surface area contributed by atoms with Crippen molar-refractivity contribution in [2.45, 2.75) is 13.3 Å². The van der Waals surface area contributed by atoms with Crippen molar-refractivity contribution in [1.82, 2.24) is 20.0 Å². The summed E-state index contributed by atoms with van der Waals surface area (Å²) < 4.78 is 1.67. The third kappa shape index (κ3) is 1.92. The number of anilines is 1. The summed E-state index contributed by atoms with van der Waals surface area (Å²) in [7, 11) is 0. The van der Waals surface area contributed by atoms with Gasteiger partial charge in [0.25, 0.3) is 0 Å². The fraction of sp³-hybridized carbons (Fsp3) is 0.222. The molecule has 0 atom stereocenters. The number of hydrogen-bond acceptors (Lipinski definition) is 4. The van der Waals surface area contributed by atoms with E-state index in [1.165, 1.54) is 0 Å². The van der Waals surface area contributed by atoms with Crippen LogP contribution in [0.5, 0.6) is 0 Å². The molecule has 2 N–H and O–H groups in total. The highest BCUT2D eigenvalue weighted by Gasteiger charge is 2.07. The number of hydrogen-bond donors (Lipinski definition) is 1. The molecule has 6 heteroatoms. The van der Waals surface area contributed by atoms with E-state index in [1.54, 1.807) is 16.8 Å². The van der Waals surface area contributed by atoms with E-state index in [2.05, 4.69) is 15.3 Å². The van der Waals surface area contributed by atoms with Crippen LogP contribution in [0.3, 0.4) is 0 Å². The molecule has 2 heterocycles. The minimum Gasteiger partial charge on any atom is -0.382 e. The molecule has 15 heavy (non-hydrogen) atoms. The molecule has 0 bridgehead atoms. The lowest BCUT2D eigenvalue weighted by molar-refractivity contribution is 0.771. The number of nitrogens with zero attached hydrogens (tertiary/aromatic N) is 4. The average Bonchev–Trinajstić information content (AvgIpc) is 2.61. The zero-order valence-corrected chi connectivity index (χ0v) is 8.94. The molecule has 78 valence electrons. The van der Waals surface area contributed by atoms with Crippen molar-refractivity contribution in [3.63, 3.8) is 0 Å². The molecule has 0 aliphatic rings. The maximum Gasteiger partial charge on any atom is 0.176 e. The summed E-state index contributed by atoms with van der Waals surface area (Å²) in [5, 5.41) is 12.2. The first-order valence-corrected chi connectivity index (χ1v) is 4.92. The minimum atomic E-state index is 0.358. The third-order valence-electron chi connectivity index (χ3n) is 2.00. The quantitative estimate of drug-likeness (QED) is 0.837. The van der Waals surface area contributed by atoms with Gasteiger partial charge in [-0.25, -0.2) is 4.68 Å². The molecule has 0 fully saturated rings. The molecule has 0 spiro atoms. The Morgan fingerprint density at radius 3 is 2.80 bits per heavy atom. The number of halogens is 1. The minimum absolute atomic E-state index is 0.358. The summed E-state index contributed by atoms with van der Waals surface area (Å²) in [4.78, 5) is 0. The van der Waals surface area contributed by atoms with E-state index in [0.717, 1.165) is 12.1 Å². The van der Waals surface area contributed by atoms with Crippen LogP contribution < -0.4 is 5.73 Å². The molecule has 0 amide bonds. The van der Waals surface area contributed by atoms with Crippen LogP contribution in [0.25, 0.3) is 5.82 Å². The van der Waals surface area contributed by atoms with E-state index in [-0.39, 0.29) is 0 Å². The van der Waals surface area contributed by atoms with Crippen LogP contribution in [0.15, 0.2) is 18.2 Å². The Hall–Kier alpha value is -1.62. The summed E-state index contributed by atoms with van der Waals surface area (Å²) in [6, 6.07) is 5.23. The van der Waals surface area contributed by atoms with Gasteiger partial charge in [0, 0.05) is 11.8 Å². The Kier molecular flexibility index (Phi) is 2.55. The largest absolute Gasteiger partial charge is 0.382 e. The van der Waals surface area contributed by atoms with Crippen molar-refractivity contribution in [2.24, 2.45) is 0 Å². The van der Waals surface area contributed by atoms with Crippen LogP contribution in [0.1, 0.15) is 12.6 Å². The van der Waals surface area contributed by atoms with E-state index in [0.29, 0.717) is 16.8 Å². The van der Waals surface area contributed by atoms with Crippen LogP contribution in [0.4, 0.5) is 5.82 Å². The van der Waals surface area contributed by atoms with Gasteiger partial charge in [-0.05, 0) is 18.6 Å². The van der Waals surface area contributed by atoms with Gasteiger partial charge >= 0.3 is 0 Å². The normalized spacial score (nSPS) is 10.5. The van der Waals surface area contributed by atoms with Gasteiger partial charge in [0.2, 0.25) is 0 Å². The van der Waals surface area contributed by atoms with Gasteiger partial charge in [-0.15, -0.1) is 15.3 Å². The molecule has 0 saturated carbocycles. The maximum absolute atomic E-state index is 5.65. The Labute approximate surface area is 91.9 Å². The molecule has 2 aromatic heterocycles. The Bertz CT molecular complexity index is 462. The average molecular weight is 224 g/mol. The lowest BCUT2D eigenvalue weighted by Crippen LogP contribution is -2.04.